The van der Waals surface area contributed by atoms with Gasteiger partial charge in [-0.1, -0.05) is 62.4 Å². The van der Waals surface area contributed by atoms with Crippen molar-refractivity contribution in [3.63, 3.8) is 0 Å². The van der Waals surface area contributed by atoms with Crippen LogP contribution in [0.3, 0.4) is 0 Å². The quantitative estimate of drug-likeness (QED) is 0.675. The number of anilines is 1. The Hall–Kier alpha value is -3.14. The molecule has 3 aromatic carbocycles. The van der Waals surface area contributed by atoms with E-state index in [1.54, 1.807) is 24.3 Å². The normalized spacial score (nSPS) is 10.7. The molecule has 0 unspecified atom stereocenters. The van der Waals surface area contributed by atoms with Crippen molar-refractivity contribution in [3.05, 3.63) is 77.9 Å². The number of ether oxygens (including phenoxy) is 1. The Balaban J connectivity index is 1.71. The first-order valence-corrected chi connectivity index (χ1v) is 8.59. The number of benzene rings is 3. The molecule has 0 fully saturated rings. The monoisotopic (exact) mass is 347 g/mol. The van der Waals surface area contributed by atoms with E-state index < -0.39 is 5.97 Å². The first kappa shape index (κ1) is 17.7. The van der Waals surface area contributed by atoms with Crippen molar-refractivity contribution < 1.29 is 14.3 Å². The first-order valence-electron chi connectivity index (χ1n) is 8.59. The highest BCUT2D eigenvalue weighted by atomic mass is 16.5. The summed E-state index contributed by atoms with van der Waals surface area (Å²) in [6.07, 6.45) is 0. The van der Waals surface area contributed by atoms with Crippen LogP contribution in [0.4, 0.5) is 5.69 Å². The molecule has 0 spiro atoms. The Kier molecular flexibility index (Phi) is 5.32. The molecule has 3 aromatic rings. The van der Waals surface area contributed by atoms with Gasteiger partial charge in [-0.25, -0.2) is 4.79 Å². The van der Waals surface area contributed by atoms with Gasteiger partial charge in [0, 0.05) is 11.6 Å². The zero-order valence-corrected chi connectivity index (χ0v) is 14.9. The summed E-state index contributed by atoms with van der Waals surface area (Å²) in [6.45, 7) is 3.83. The Morgan fingerprint density at radius 2 is 1.69 bits per heavy atom. The lowest BCUT2D eigenvalue weighted by Crippen LogP contribution is -2.18. The number of nitrogens with one attached hydrogen (secondary N) is 1. The molecule has 132 valence electrons. The maximum absolute atomic E-state index is 12.4. The molecule has 26 heavy (non-hydrogen) atoms. The summed E-state index contributed by atoms with van der Waals surface area (Å²) < 4.78 is 5.48. The maximum Gasteiger partial charge on any atom is 0.338 e. The highest BCUT2D eigenvalue weighted by Gasteiger charge is 2.12. The molecule has 0 saturated carbocycles. The zero-order valence-electron chi connectivity index (χ0n) is 14.9. The summed E-state index contributed by atoms with van der Waals surface area (Å²) in [4.78, 5) is 24.2. The molecule has 0 aromatic heterocycles. The van der Waals surface area contributed by atoms with Gasteiger partial charge in [0.15, 0.2) is 0 Å². The second-order valence-electron chi connectivity index (χ2n) is 6.44. The van der Waals surface area contributed by atoms with E-state index in [1.165, 1.54) is 0 Å². The fourth-order valence-electron chi connectivity index (χ4n) is 2.66. The summed E-state index contributed by atoms with van der Waals surface area (Å²) in [5.74, 6) is -0.637. The maximum atomic E-state index is 12.4. The minimum absolute atomic E-state index is 0.0914. The number of carbonyl (C=O) groups excluding carboxylic acids is 2. The molecule has 4 heteroatoms. The van der Waals surface area contributed by atoms with E-state index >= 15 is 0 Å². The third kappa shape index (κ3) is 4.09. The zero-order chi connectivity index (χ0) is 18.5. The molecule has 0 atom stereocenters. The summed E-state index contributed by atoms with van der Waals surface area (Å²) in [7, 11) is 0. The number of fused-ring (bicyclic) bond motifs is 1. The van der Waals surface area contributed by atoms with Crippen molar-refractivity contribution in [2.75, 3.05) is 5.32 Å². The summed E-state index contributed by atoms with van der Waals surface area (Å²) >= 11 is 0. The fourth-order valence-corrected chi connectivity index (χ4v) is 2.66. The molecule has 0 aliphatic heterocycles. The van der Waals surface area contributed by atoms with Crippen molar-refractivity contribution >= 4 is 28.3 Å². The second-order valence-corrected chi connectivity index (χ2v) is 6.44. The van der Waals surface area contributed by atoms with Gasteiger partial charge in [-0.05, 0) is 34.5 Å². The standard InChI is InChI=1S/C22H21NO3/c1-15(2)21(24)23-19-11-6-9-17(13-19)22(25)26-14-18-10-5-8-16-7-3-4-12-20(16)18/h3-13,15H,14H2,1-2H3,(H,23,24). The van der Waals surface area contributed by atoms with E-state index in [0.717, 1.165) is 16.3 Å². The predicted molar refractivity (Wildman–Crippen MR) is 103 cm³/mol. The van der Waals surface area contributed by atoms with E-state index in [-0.39, 0.29) is 18.4 Å². The summed E-state index contributed by atoms with van der Waals surface area (Å²) in [5, 5.41) is 4.97. The lowest BCUT2D eigenvalue weighted by molar-refractivity contribution is -0.118. The van der Waals surface area contributed by atoms with Gasteiger partial charge < -0.3 is 10.1 Å². The van der Waals surface area contributed by atoms with Crippen LogP contribution in [0.1, 0.15) is 29.8 Å². The molecule has 1 N–H and O–H groups in total. The smallest absolute Gasteiger partial charge is 0.338 e. The topological polar surface area (TPSA) is 55.4 Å². The molecule has 1 amide bonds. The van der Waals surface area contributed by atoms with Gasteiger partial charge in [0.2, 0.25) is 5.91 Å². The predicted octanol–water partition coefficient (Wildman–Crippen LogP) is 4.79. The van der Waals surface area contributed by atoms with Gasteiger partial charge in [0.1, 0.15) is 6.61 Å². The van der Waals surface area contributed by atoms with Crippen LogP contribution in [0.25, 0.3) is 10.8 Å². The number of hydrogen-bond donors (Lipinski definition) is 1. The average molecular weight is 347 g/mol. The van der Waals surface area contributed by atoms with Crippen LogP contribution < -0.4 is 5.32 Å². The van der Waals surface area contributed by atoms with E-state index in [0.29, 0.717) is 11.3 Å². The third-order valence-corrected chi connectivity index (χ3v) is 4.13. The molecule has 0 aliphatic rings. The molecule has 0 radical (unpaired) electrons. The highest BCUT2D eigenvalue weighted by molar-refractivity contribution is 5.95. The minimum atomic E-state index is -0.418. The van der Waals surface area contributed by atoms with Crippen molar-refractivity contribution in [3.8, 4) is 0 Å². The highest BCUT2D eigenvalue weighted by Crippen LogP contribution is 2.20. The SMILES string of the molecule is CC(C)C(=O)Nc1cccc(C(=O)OCc2cccc3ccccc23)c1. The lowest BCUT2D eigenvalue weighted by atomic mass is 10.1. The van der Waals surface area contributed by atoms with Gasteiger partial charge in [0.25, 0.3) is 0 Å². The van der Waals surface area contributed by atoms with Crippen molar-refractivity contribution in [2.45, 2.75) is 20.5 Å². The van der Waals surface area contributed by atoms with Crippen LogP contribution in [0, 0.1) is 5.92 Å². The average Bonchev–Trinajstić information content (AvgIpc) is 2.66. The van der Waals surface area contributed by atoms with Crippen LogP contribution in [0.15, 0.2) is 66.7 Å². The molecule has 0 aliphatic carbocycles. The van der Waals surface area contributed by atoms with Crippen molar-refractivity contribution in [2.24, 2.45) is 5.92 Å². The number of rotatable bonds is 5. The third-order valence-electron chi connectivity index (χ3n) is 4.13. The van der Waals surface area contributed by atoms with Crippen LogP contribution in [-0.4, -0.2) is 11.9 Å². The lowest BCUT2D eigenvalue weighted by Gasteiger charge is -2.10. The van der Waals surface area contributed by atoms with Crippen molar-refractivity contribution in [1.29, 1.82) is 0 Å². The van der Waals surface area contributed by atoms with Crippen LogP contribution in [0.5, 0.6) is 0 Å². The second kappa shape index (κ2) is 7.83. The number of amides is 1. The summed E-state index contributed by atoms with van der Waals surface area (Å²) in [5.41, 5.74) is 1.95. The molecule has 4 nitrogen and oxygen atoms in total. The molecule has 0 saturated heterocycles. The van der Waals surface area contributed by atoms with E-state index in [9.17, 15) is 9.59 Å². The van der Waals surface area contributed by atoms with Gasteiger partial charge >= 0.3 is 5.97 Å². The first-order chi connectivity index (χ1) is 12.5. The van der Waals surface area contributed by atoms with Crippen LogP contribution in [0.2, 0.25) is 0 Å². The Morgan fingerprint density at radius 1 is 0.962 bits per heavy atom. The summed E-state index contributed by atoms with van der Waals surface area (Å²) in [6, 6.07) is 20.7. The van der Waals surface area contributed by atoms with Gasteiger partial charge in [0.05, 0.1) is 5.56 Å². The Bertz CT molecular complexity index is 942. The molecule has 0 heterocycles. The van der Waals surface area contributed by atoms with E-state index in [2.05, 4.69) is 5.32 Å². The van der Waals surface area contributed by atoms with Gasteiger partial charge in [-0.15, -0.1) is 0 Å². The van der Waals surface area contributed by atoms with Gasteiger partial charge in [-0.3, -0.25) is 4.79 Å². The largest absolute Gasteiger partial charge is 0.457 e. The van der Waals surface area contributed by atoms with Gasteiger partial charge in [-0.2, -0.15) is 0 Å². The Labute approximate surface area is 152 Å². The fraction of sp³-hybridized carbons (Fsp3) is 0.182. The molecule has 0 bridgehead atoms. The molecule has 3 rings (SSSR count). The number of hydrogen-bond acceptors (Lipinski definition) is 3. The Morgan fingerprint density at radius 3 is 2.50 bits per heavy atom. The molecular weight excluding hydrogens is 326 g/mol. The van der Waals surface area contributed by atoms with E-state index in [4.69, 9.17) is 4.74 Å². The van der Waals surface area contributed by atoms with Crippen LogP contribution in [-0.2, 0) is 16.1 Å². The van der Waals surface area contributed by atoms with E-state index in [1.807, 2.05) is 56.3 Å². The molecular formula is C22H21NO3. The minimum Gasteiger partial charge on any atom is -0.457 e. The number of esters is 1. The number of carbonyl (C=O) groups is 2. The van der Waals surface area contributed by atoms with Crippen LogP contribution >= 0.6 is 0 Å². The van der Waals surface area contributed by atoms with Crippen molar-refractivity contribution in [1.82, 2.24) is 0 Å².